The van der Waals surface area contributed by atoms with Crippen LogP contribution in [0.15, 0.2) is 473 Å². The molecule has 0 radical (unpaired) electrons. The van der Waals surface area contributed by atoms with Gasteiger partial charge >= 0.3 is 0 Å². The Bertz CT molecular complexity index is 8490. The van der Waals surface area contributed by atoms with Gasteiger partial charge in [-0.1, -0.05) is 333 Å². The maximum atomic E-state index is 2.49. The molecular weight excluding hydrogens is 1710 g/mol. The lowest BCUT2D eigenvalue weighted by Gasteiger charge is -2.29. The van der Waals surface area contributed by atoms with Gasteiger partial charge < -0.3 is 28.4 Å². The Morgan fingerprint density at radius 3 is 0.603 bits per heavy atom. The number of nitrogens with zero attached hydrogens (tertiary/aromatic N) is 6. The van der Waals surface area contributed by atoms with E-state index in [0.29, 0.717) is 0 Å². The van der Waals surface area contributed by atoms with Crippen molar-refractivity contribution in [1.82, 2.24) is 13.7 Å². The fourth-order valence-electron chi connectivity index (χ4n) is 24.6. The summed E-state index contributed by atoms with van der Waals surface area (Å²) >= 11 is 0. The lowest BCUT2D eigenvalue weighted by atomic mass is 9.82. The minimum Gasteiger partial charge on any atom is -0.310 e. The summed E-state index contributed by atoms with van der Waals surface area (Å²) < 4.78 is 7.35. The van der Waals surface area contributed by atoms with E-state index in [1.54, 1.807) is 0 Å². The van der Waals surface area contributed by atoms with Crippen molar-refractivity contribution in [3.8, 4) is 83.8 Å². The number of para-hydroxylation sites is 6. The Morgan fingerprint density at radius 2 is 0.355 bits per heavy atom. The molecule has 3 aliphatic rings. The lowest BCUT2D eigenvalue weighted by Crippen LogP contribution is -2.17. The molecule has 0 N–H and O–H groups in total. The summed E-state index contributed by atoms with van der Waals surface area (Å²) in [7, 11) is 0. The molecule has 22 aromatic carbocycles. The van der Waals surface area contributed by atoms with Gasteiger partial charge in [0.15, 0.2) is 0 Å². The predicted molar refractivity (Wildman–Crippen MR) is 595 cm³/mol. The smallest absolute Gasteiger partial charge is 0.0541 e. The van der Waals surface area contributed by atoms with E-state index in [9.17, 15) is 0 Å². The van der Waals surface area contributed by atoms with Gasteiger partial charge in [0.25, 0.3) is 0 Å². The van der Waals surface area contributed by atoms with Crippen LogP contribution >= 0.6 is 0 Å². The average molecular weight is 1800 g/mol. The molecule has 666 valence electrons. The zero-order valence-corrected chi connectivity index (χ0v) is 79.2. The molecule has 0 atom stereocenters. The number of benzene rings is 22. The highest BCUT2D eigenvalue weighted by molar-refractivity contribution is 6.13. The third-order valence-electron chi connectivity index (χ3n) is 31.6. The first kappa shape index (κ1) is 81.7. The minimum atomic E-state index is -0.327. The average Bonchev–Trinajstić information content (AvgIpc) is 1.55. The van der Waals surface area contributed by atoms with Crippen molar-refractivity contribution in [2.45, 2.75) is 57.8 Å². The number of hydrogen-bond donors (Lipinski definition) is 0. The molecule has 0 bridgehead atoms. The highest BCUT2D eigenvalue weighted by atomic mass is 15.2. The van der Waals surface area contributed by atoms with Crippen LogP contribution in [0.2, 0.25) is 0 Å². The summed E-state index contributed by atoms with van der Waals surface area (Å²) in [4.78, 5) is 7.46. The summed E-state index contributed by atoms with van der Waals surface area (Å²) in [6, 6.07) is 178. The minimum absolute atomic E-state index is 0.327. The van der Waals surface area contributed by atoms with Crippen LogP contribution in [0.5, 0.6) is 0 Å². The van der Waals surface area contributed by atoms with Crippen LogP contribution in [0.3, 0.4) is 0 Å². The van der Waals surface area contributed by atoms with E-state index in [0.717, 1.165) is 84.6 Å². The van der Waals surface area contributed by atoms with Crippen LogP contribution in [-0.4, -0.2) is 13.7 Å². The van der Waals surface area contributed by atoms with Gasteiger partial charge in [-0.3, -0.25) is 0 Å². The van der Waals surface area contributed by atoms with E-state index in [1.807, 2.05) is 0 Å². The second-order valence-electron chi connectivity index (χ2n) is 40.3. The first-order chi connectivity index (χ1) is 69.2. The molecule has 141 heavy (non-hydrogen) atoms. The van der Waals surface area contributed by atoms with Crippen LogP contribution in [0.1, 0.15) is 74.9 Å². The zero-order chi connectivity index (χ0) is 93.8. The van der Waals surface area contributed by atoms with Crippen LogP contribution in [0.25, 0.3) is 182 Å². The molecule has 0 spiro atoms. The van der Waals surface area contributed by atoms with Crippen LogP contribution < -0.4 is 14.7 Å². The van der Waals surface area contributed by atoms with Crippen LogP contribution in [-0.2, 0) is 16.2 Å². The summed E-state index contributed by atoms with van der Waals surface area (Å²) in [6.07, 6.45) is 0. The van der Waals surface area contributed by atoms with Crippen LogP contribution in [0, 0.1) is 0 Å². The number of rotatable bonds is 15. The van der Waals surface area contributed by atoms with Crippen molar-refractivity contribution < 1.29 is 0 Å². The molecule has 0 fully saturated rings. The fraction of sp³-hybridized carbons (Fsp3) is 0.0667. The third-order valence-corrected chi connectivity index (χ3v) is 31.6. The van der Waals surface area contributed by atoms with E-state index in [2.05, 4.69) is 543 Å². The van der Waals surface area contributed by atoms with E-state index in [4.69, 9.17) is 0 Å². The van der Waals surface area contributed by atoms with Crippen molar-refractivity contribution in [3.05, 3.63) is 507 Å². The van der Waals surface area contributed by atoms with Crippen molar-refractivity contribution in [2.24, 2.45) is 0 Å². The van der Waals surface area contributed by atoms with Crippen molar-refractivity contribution in [3.63, 3.8) is 0 Å². The van der Waals surface area contributed by atoms with E-state index in [1.165, 1.54) is 182 Å². The van der Waals surface area contributed by atoms with E-state index >= 15 is 0 Å². The first-order valence-corrected chi connectivity index (χ1v) is 49.3. The monoisotopic (exact) mass is 1800 g/mol. The van der Waals surface area contributed by atoms with Crippen molar-refractivity contribution in [2.75, 3.05) is 14.7 Å². The maximum Gasteiger partial charge on any atom is 0.0541 e. The number of fused-ring (bicyclic) bond motifs is 21. The Morgan fingerprint density at radius 1 is 0.156 bits per heavy atom. The van der Waals surface area contributed by atoms with Gasteiger partial charge in [-0.05, 0) is 298 Å². The quantitative estimate of drug-likeness (QED) is 0.102. The molecule has 0 aliphatic heterocycles. The molecule has 6 nitrogen and oxygen atoms in total. The second kappa shape index (κ2) is 31.2. The zero-order valence-electron chi connectivity index (χ0n) is 79.2. The molecule has 3 aliphatic carbocycles. The molecule has 3 heterocycles. The Balaban J connectivity index is 0.568. The largest absolute Gasteiger partial charge is 0.310 e. The Kier molecular flexibility index (Phi) is 18.1. The molecule has 25 aromatic rings. The number of aromatic nitrogens is 3. The summed E-state index contributed by atoms with van der Waals surface area (Å²) in [5, 5.41) is 14.7. The highest BCUT2D eigenvalue weighted by Gasteiger charge is 2.41. The number of hydrogen-bond acceptors (Lipinski definition) is 3. The molecule has 0 saturated heterocycles. The normalized spacial score (nSPS) is 13.5. The summed E-state index contributed by atoms with van der Waals surface area (Å²) in [5.74, 6) is 0. The molecule has 0 unspecified atom stereocenters. The van der Waals surface area contributed by atoms with E-state index < -0.39 is 0 Å². The molecule has 6 heteroatoms. The van der Waals surface area contributed by atoms with Gasteiger partial charge in [0.2, 0.25) is 0 Å². The molecule has 28 rings (SSSR count). The predicted octanol–water partition coefficient (Wildman–Crippen LogP) is 36.8. The first-order valence-electron chi connectivity index (χ1n) is 49.3. The van der Waals surface area contributed by atoms with Gasteiger partial charge in [-0.2, -0.15) is 0 Å². The van der Waals surface area contributed by atoms with Gasteiger partial charge in [-0.25, -0.2) is 0 Å². The topological polar surface area (TPSA) is 24.5 Å². The van der Waals surface area contributed by atoms with Crippen molar-refractivity contribution in [1.29, 1.82) is 0 Å². The molecule has 0 saturated carbocycles. The van der Waals surface area contributed by atoms with Crippen LogP contribution in [0.4, 0.5) is 51.2 Å². The molecule has 0 amide bonds. The summed E-state index contributed by atoms with van der Waals surface area (Å²) in [6.45, 7) is 14.5. The van der Waals surface area contributed by atoms with Gasteiger partial charge in [0.05, 0.1) is 50.2 Å². The maximum absolute atomic E-state index is 2.49. The van der Waals surface area contributed by atoms with E-state index in [-0.39, 0.29) is 16.2 Å². The van der Waals surface area contributed by atoms with Crippen molar-refractivity contribution >= 4 is 149 Å². The standard InChI is InChI=1S/C135H96N6/c1-133(2)118-79-97(64-70-106(118)109-73-67-100(82-121(109)133)139-127-43-19-13-37-112(127)113-38-14-20-44-128(113)139)136(124-49-25-31-88-28-7-10-34-103(88)124)94-58-52-85(53-59-94)91-76-92(86-54-60-95(61-55-86)137(125-50-26-32-89-29-8-11-35-104(89)125)98-65-71-107-110-74-68-101(83-122(110)134(3,4)119(107)80-98)140-129-45-21-15-39-114(129)115-40-16-22-46-130(115)140)78-93(77-91)87-56-62-96(63-57-87)138(126-51-27-33-90-30-9-12-36-105(90)126)99-66-72-108-111-75-69-102(84-123(111)135(5,6)120(108)81-99)141-131-47-23-17-41-116(131)117-42-18-24-48-132(117)141/h7-84H,1-6H3. The fourth-order valence-corrected chi connectivity index (χ4v) is 24.6. The molecular formula is C135H96N6. The number of anilines is 9. The molecule has 3 aromatic heterocycles. The second-order valence-corrected chi connectivity index (χ2v) is 40.3. The van der Waals surface area contributed by atoms with Gasteiger partial charge in [0.1, 0.15) is 0 Å². The third kappa shape index (κ3) is 12.6. The summed E-state index contributed by atoms with van der Waals surface area (Å²) in [5.41, 5.74) is 41.8. The lowest BCUT2D eigenvalue weighted by molar-refractivity contribution is 0.660. The highest BCUT2D eigenvalue weighted by Crippen LogP contribution is 2.58. The van der Waals surface area contributed by atoms with Gasteiger partial charge in [-0.15, -0.1) is 0 Å². The SMILES string of the molecule is CC1(C)c2cc(N(c3ccc(-c4cc(-c5ccc(N(c6ccc7c(c6)C(C)(C)c6cc(-n8c9ccccc9c9ccccc98)ccc6-7)c6cccc7ccccc67)cc5)cc(-c5ccc(N(c6ccc7c(c6)C(C)(C)c6cc(-n8c9ccccc9c9ccccc98)ccc6-7)c6cccc7ccccc67)cc5)c4)cc3)c3cccc4ccccc34)ccc2-c2ccc(-n3c4ccccc4c4ccccc43)cc21. The Labute approximate surface area is 819 Å². The Hall–Kier alpha value is -17.6. The van der Waals surface area contributed by atoms with Gasteiger partial charge in [0, 0.05) is 116 Å².